The van der Waals surface area contributed by atoms with E-state index in [0.717, 1.165) is 22.4 Å². The Labute approximate surface area is 102 Å². The third-order valence-corrected chi connectivity index (χ3v) is 2.67. The van der Waals surface area contributed by atoms with E-state index in [2.05, 4.69) is 6.07 Å². The maximum atomic E-state index is 5.96. The maximum absolute atomic E-state index is 5.96. The summed E-state index contributed by atoms with van der Waals surface area (Å²) in [5, 5.41) is 0. The third-order valence-electron chi connectivity index (χ3n) is 2.67. The van der Waals surface area contributed by atoms with Gasteiger partial charge >= 0.3 is 0 Å². The lowest BCUT2D eigenvalue weighted by Crippen LogP contribution is -2.01. The van der Waals surface area contributed by atoms with Gasteiger partial charge in [-0.05, 0) is 36.6 Å². The van der Waals surface area contributed by atoms with Crippen molar-refractivity contribution in [2.24, 2.45) is 0 Å². The number of benzene rings is 2. The average Bonchev–Trinajstić information content (AvgIpc) is 2.29. The lowest BCUT2D eigenvalue weighted by molar-refractivity contribution is 0.306. The first kappa shape index (κ1) is 11.5. The van der Waals surface area contributed by atoms with Crippen molar-refractivity contribution in [3.8, 4) is 5.75 Å². The normalized spacial score (nSPS) is 10.2. The highest BCUT2D eigenvalue weighted by atomic mass is 16.5. The quantitative estimate of drug-likeness (QED) is 0.815. The Hall–Kier alpha value is -1.96. The van der Waals surface area contributed by atoms with Crippen LogP contribution >= 0.6 is 0 Å². The highest BCUT2D eigenvalue weighted by Gasteiger charge is 2.05. The van der Waals surface area contributed by atoms with Gasteiger partial charge < -0.3 is 10.5 Å². The Kier molecular flexibility index (Phi) is 3.33. The summed E-state index contributed by atoms with van der Waals surface area (Å²) in [7, 11) is 0. The lowest BCUT2D eigenvalue weighted by Gasteiger charge is -2.12. The monoisotopic (exact) mass is 227 g/mol. The number of hydrogen-bond donors (Lipinski definition) is 1. The molecule has 17 heavy (non-hydrogen) atoms. The predicted octanol–water partition coefficient (Wildman–Crippen LogP) is 3.46. The van der Waals surface area contributed by atoms with Crippen LogP contribution in [0.5, 0.6) is 5.75 Å². The number of rotatable bonds is 3. The molecule has 0 aromatic heterocycles. The van der Waals surface area contributed by atoms with Crippen LogP contribution in [0.4, 0.5) is 5.69 Å². The zero-order valence-electron chi connectivity index (χ0n) is 10.2. The molecular weight excluding hydrogens is 210 g/mol. The minimum atomic E-state index is 0.551. The molecule has 0 atom stereocenters. The summed E-state index contributed by atoms with van der Waals surface area (Å²) in [5.74, 6) is 0.791. The van der Waals surface area contributed by atoms with Crippen LogP contribution in [0.1, 0.15) is 16.7 Å². The van der Waals surface area contributed by atoms with Crippen LogP contribution in [0.25, 0.3) is 0 Å². The van der Waals surface area contributed by atoms with E-state index in [4.69, 9.17) is 10.5 Å². The minimum absolute atomic E-state index is 0.551. The van der Waals surface area contributed by atoms with Gasteiger partial charge in [0.1, 0.15) is 12.4 Å². The van der Waals surface area contributed by atoms with Crippen LogP contribution in [0.15, 0.2) is 42.5 Å². The number of aryl methyl sites for hydroxylation is 2. The minimum Gasteiger partial charge on any atom is -0.486 e. The Morgan fingerprint density at radius 3 is 2.41 bits per heavy atom. The van der Waals surface area contributed by atoms with Crippen molar-refractivity contribution in [1.82, 2.24) is 0 Å². The predicted molar refractivity (Wildman–Crippen MR) is 71.1 cm³/mol. The van der Waals surface area contributed by atoms with Gasteiger partial charge in [0.05, 0.1) is 5.69 Å². The number of nitrogens with two attached hydrogens (primary N) is 1. The molecule has 0 bridgehead atoms. The van der Waals surface area contributed by atoms with E-state index in [0.29, 0.717) is 12.3 Å². The van der Waals surface area contributed by atoms with Gasteiger partial charge in [0.25, 0.3) is 0 Å². The van der Waals surface area contributed by atoms with Crippen molar-refractivity contribution in [3.05, 3.63) is 59.2 Å². The fourth-order valence-electron chi connectivity index (χ4n) is 1.91. The Morgan fingerprint density at radius 1 is 1.06 bits per heavy atom. The number of hydrogen-bond acceptors (Lipinski definition) is 2. The average molecular weight is 227 g/mol. The van der Waals surface area contributed by atoms with Crippen molar-refractivity contribution in [2.75, 3.05) is 5.73 Å². The van der Waals surface area contributed by atoms with Crippen molar-refractivity contribution in [1.29, 1.82) is 0 Å². The van der Waals surface area contributed by atoms with Crippen LogP contribution in [-0.4, -0.2) is 0 Å². The van der Waals surface area contributed by atoms with Gasteiger partial charge in [-0.25, -0.2) is 0 Å². The summed E-state index contributed by atoms with van der Waals surface area (Å²) in [4.78, 5) is 0. The number of ether oxygens (including phenoxy) is 1. The summed E-state index contributed by atoms with van der Waals surface area (Å²) in [6, 6.07) is 14.1. The number of anilines is 1. The van der Waals surface area contributed by atoms with Gasteiger partial charge in [0.2, 0.25) is 0 Å². The Bertz CT molecular complexity index is 483. The Balaban J connectivity index is 2.15. The van der Waals surface area contributed by atoms with E-state index in [1.807, 2.05) is 50.2 Å². The van der Waals surface area contributed by atoms with E-state index in [9.17, 15) is 0 Å². The van der Waals surface area contributed by atoms with Crippen molar-refractivity contribution >= 4 is 5.69 Å². The zero-order valence-corrected chi connectivity index (χ0v) is 10.2. The second-order valence-corrected chi connectivity index (χ2v) is 4.27. The molecule has 2 nitrogen and oxygen atoms in total. The molecule has 0 radical (unpaired) electrons. The second kappa shape index (κ2) is 4.91. The van der Waals surface area contributed by atoms with Gasteiger partial charge in [0.15, 0.2) is 0 Å². The zero-order chi connectivity index (χ0) is 12.3. The molecule has 0 heterocycles. The van der Waals surface area contributed by atoms with Crippen LogP contribution in [0, 0.1) is 13.8 Å². The molecular formula is C15H17NO. The first-order valence-electron chi connectivity index (χ1n) is 5.70. The van der Waals surface area contributed by atoms with E-state index in [1.165, 1.54) is 0 Å². The molecule has 2 aromatic carbocycles. The molecule has 2 heteroatoms. The van der Waals surface area contributed by atoms with Gasteiger partial charge in [-0.2, -0.15) is 0 Å². The van der Waals surface area contributed by atoms with Crippen LogP contribution in [0.2, 0.25) is 0 Å². The van der Waals surface area contributed by atoms with Crippen molar-refractivity contribution in [2.45, 2.75) is 20.5 Å². The van der Waals surface area contributed by atoms with E-state index in [-0.39, 0.29) is 0 Å². The fraction of sp³-hybridized carbons (Fsp3) is 0.200. The molecule has 2 N–H and O–H groups in total. The van der Waals surface area contributed by atoms with Crippen molar-refractivity contribution in [3.63, 3.8) is 0 Å². The molecule has 2 rings (SSSR count). The van der Waals surface area contributed by atoms with Crippen LogP contribution < -0.4 is 10.5 Å². The summed E-state index contributed by atoms with van der Waals surface area (Å²) in [6.07, 6.45) is 0. The van der Waals surface area contributed by atoms with Gasteiger partial charge in [0, 0.05) is 0 Å². The summed E-state index contributed by atoms with van der Waals surface area (Å²) >= 11 is 0. The standard InChI is InChI=1S/C15H17NO/c1-11-8-12(2)15(14(16)9-11)17-10-13-6-4-3-5-7-13/h3-9H,10,16H2,1-2H3. The van der Waals surface area contributed by atoms with Gasteiger partial charge in [-0.15, -0.1) is 0 Å². The molecule has 2 aromatic rings. The number of nitrogen functional groups attached to an aromatic ring is 1. The van der Waals surface area contributed by atoms with Crippen LogP contribution in [-0.2, 0) is 6.61 Å². The molecule has 0 saturated carbocycles. The second-order valence-electron chi connectivity index (χ2n) is 4.27. The molecule has 0 fully saturated rings. The third kappa shape index (κ3) is 2.78. The molecule has 0 spiro atoms. The largest absolute Gasteiger partial charge is 0.486 e. The topological polar surface area (TPSA) is 35.2 Å². The lowest BCUT2D eigenvalue weighted by atomic mass is 10.1. The summed E-state index contributed by atoms with van der Waals surface area (Å²) in [6.45, 7) is 4.60. The SMILES string of the molecule is Cc1cc(C)c(OCc2ccccc2)c(N)c1. The summed E-state index contributed by atoms with van der Waals surface area (Å²) < 4.78 is 5.78. The van der Waals surface area contributed by atoms with E-state index >= 15 is 0 Å². The molecule has 0 saturated heterocycles. The van der Waals surface area contributed by atoms with Crippen molar-refractivity contribution < 1.29 is 4.74 Å². The summed E-state index contributed by atoms with van der Waals surface area (Å²) in [5.41, 5.74) is 10.1. The maximum Gasteiger partial charge on any atom is 0.145 e. The molecule has 0 aliphatic heterocycles. The highest BCUT2D eigenvalue weighted by Crippen LogP contribution is 2.28. The molecule has 0 amide bonds. The van der Waals surface area contributed by atoms with Gasteiger partial charge in [-0.1, -0.05) is 36.4 Å². The van der Waals surface area contributed by atoms with E-state index < -0.39 is 0 Å². The van der Waals surface area contributed by atoms with Crippen LogP contribution in [0.3, 0.4) is 0 Å². The fourth-order valence-corrected chi connectivity index (χ4v) is 1.91. The smallest absolute Gasteiger partial charge is 0.145 e. The first-order valence-corrected chi connectivity index (χ1v) is 5.70. The molecule has 88 valence electrons. The van der Waals surface area contributed by atoms with E-state index in [1.54, 1.807) is 0 Å². The first-order chi connectivity index (χ1) is 8.16. The molecule has 0 unspecified atom stereocenters. The molecule has 0 aliphatic carbocycles. The Morgan fingerprint density at radius 2 is 1.76 bits per heavy atom. The molecule has 0 aliphatic rings. The highest BCUT2D eigenvalue weighted by molar-refractivity contribution is 5.58. The van der Waals surface area contributed by atoms with Gasteiger partial charge in [-0.3, -0.25) is 0 Å².